The van der Waals surface area contributed by atoms with Crippen molar-refractivity contribution in [3.05, 3.63) is 35.9 Å². The molecule has 22 heavy (non-hydrogen) atoms. The van der Waals surface area contributed by atoms with E-state index in [0.29, 0.717) is 25.6 Å². The number of benzene rings is 1. The van der Waals surface area contributed by atoms with Gasteiger partial charge < -0.3 is 9.80 Å². The standard InChI is InChI=1S/C18H28N2O2/c1-5-19(13-17-9-7-6-8-10-17)18(22)14-20(16(4)21)12-11-15(2)3/h6-10,15H,5,11-14H2,1-4H3. The molecule has 1 aromatic rings. The summed E-state index contributed by atoms with van der Waals surface area (Å²) in [4.78, 5) is 27.6. The molecule has 0 bridgehead atoms. The fraction of sp³-hybridized carbons (Fsp3) is 0.556. The maximum Gasteiger partial charge on any atom is 0.242 e. The first-order valence-corrected chi connectivity index (χ1v) is 8.01. The molecule has 0 saturated carbocycles. The SMILES string of the molecule is CCN(Cc1ccccc1)C(=O)CN(CCC(C)C)C(C)=O. The summed E-state index contributed by atoms with van der Waals surface area (Å²) < 4.78 is 0. The zero-order valence-electron chi connectivity index (χ0n) is 14.2. The number of carbonyl (C=O) groups excluding carboxylic acids is 2. The van der Waals surface area contributed by atoms with E-state index in [-0.39, 0.29) is 18.4 Å². The molecule has 0 N–H and O–H groups in total. The van der Waals surface area contributed by atoms with Crippen molar-refractivity contribution in [3.63, 3.8) is 0 Å². The highest BCUT2D eigenvalue weighted by Gasteiger charge is 2.18. The van der Waals surface area contributed by atoms with E-state index in [1.165, 1.54) is 6.92 Å². The Morgan fingerprint density at radius 3 is 2.23 bits per heavy atom. The van der Waals surface area contributed by atoms with Crippen LogP contribution in [0.25, 0.3) is 0 Å². The van der Waals surface area contributed by atoms with Crippen molar-refractivity contribution in [1.29, 1.82) is 0 Å². The summed E-state index contributed by atoms with van der Waals surface area (Å²) in [6.07, 6.45) is 0.914. The second-order valence-electron chi connectivity index (χ2n) is 6.02. The molecule has 0 aliphatic rings. The minimum Gasteiger partial charge on any atom is -0.337 e. The van der Waals surface area contributed by atoms with Gasteiger partial charge in [0, 0.05) is 26.6 Å². The van der Waals surface area contributed by atoms with E-state index in [1.807, 2.05) is 37.3 Å². The Morgan fingerprint density at radius 2 is 1.73 bits per heavy atom. The largest absolute Gasteiger partial charge is 0.337 e. The summed E-state index contributed by atoms with van der Waals surface area (Å²) in [5.74, 6) is 0.485. The summed E-state index contributed by atoms with van der Waals surface area (Å²) in [7, 11) is 0. The average Bonchev–Trinajstić information content (AvgIpc) is 2.49. The fourth-order valence-electron chi connectivity index (χ4n) is 2.21. The first-order valence-electron chi connectivity index (χ1n) is 8.01. The Kier molecular flexibility index (Phi) is 7.64. The monoisotopic (exact) mass is 304 g/mol. The lowest BCUT2D eigenvalue weighted by molar-refractivity contribution is -0.139. The van der Waals surface area contributed by atoms with Crippen molar-refractivity contribution >= 4 is 11.8 Å². The van der Waals surface area contributed by atoms with Crippen LogP contribution in [0.5, 0.6) is 0 Å². The van der Waals surface area contributed by atoms with Crippen molar-refractivity contribution in [2.75, 3.05) is 19.6 Å². The molecule has 4 heteroatoms. The maximum atomic E-state index is 12.5. The Morgan fingerprint density at radius 1 is 1.09 bits per heavy atom. The van der Waals surface area contributed by atoms with Crippen LogP contribution >= 0.6 is 0 Å². The summed E-state index contributed by atoms with van der Waals surface area (Å²) >= 11 is 0. The summed E-state index contributed by atoms with van der Waals surface area (Å²) in [6, 6.07) is 9.93. The molecule has 122 valence electrons. The van der Waals surface area contributed by atoms with Crippen LogP contribution in [0.15, 0.2) is 30.3 Å². The van der Waals surface area contributed by atoms with Crippen molar-refractivity contribution in [3.8, 4) is 0 Å². The normalized spacial score (nSPS) is 10.6. The summed E-state index contributed by atoms with van der Waals surface area (Å²) in [5, 5.41) is 0. The van der Waals surface area contributed by atoms with E-state index in [2.05, 4.69) is 13.8 Å². The highest BCUT2D eigenvalue weighted by Crippen LogP contribution is 2.07. The molecule has 4 nitrogen and oxygen atoms in total. The van der Waals surface area contributed by atoms with Gasteiger partial charge in [-0.1, -0.05) is 44.2 Å². The van der Waals surface area contributed by atoms with E-state index in [4.69, 9.17) is 0 Å². The third-order valence-electron chi connectivity index (χ3n) is 3.70. The number of rotatable bonds is 8. The van der Waals surface area contributed by atoms with E-state index < -0.39 is 0 Å². The number of amides is 2. The summed E-state index contributed by atoms with van der Waals surface area (Å²) in [6.45, 7) is 9.77. The molecule has 0 aliphatic heterocycles. The molecule has 0 radical (unpaired) electrons. The zero-order chi connectivity index (χ0) is 16.5. The Labute approximate surface area is 134 Å². The van der Waals surface area contributed by atoms with Crippen LogP contribution in [0.3, 0.4) is 0 Å². The van der Waals surface area contributed by atoms with Crippen LogP contribution in [0, 0.1) is 5.92 Å². The van der Waals surface area contributed by atoms with Crippen LogP contribution in [-0.4, -0.2) is 41.2 Å². The lowest BCUT2D eigenvalue weighted by Crippen LogP contribution is -2.42. The van der Waals surface area contributed by atoms with E-state index in [9.17, 15) is 9.59 Å². The van der Waals surface area contributed by atoms with Gasteiger partial charge in [-0.05, 0) is 24.8 Å². The van der Waals surface area contributed by atoms with E-state index in [0.717, 1.165) is 12.0 Å². The number of hydrogen-bond acceptors (Lipinski definition) is 2. The van der Waals surface area contributed by atoms with Gasteiger partial charge in [0.15, 0.2) is 0 Å². The molecule has 1 rings (SSSR count). The molecular weight excluding hydrogens is 276 g/mol. The van der Waals surface area contributed by atoms with Crippen molar-refractivity contribution < 1.29 is 9.59 Å². The first kappa shape index (κ1) is 18.2. The molecule has 1 aromatic carbocycles. The molecule has 0 unspecified atom stereocenters. The van der Waals surface area contributed by atoms with E-state index >= 15 is 0 Å². The summed E-state index contributed by atoms with van der Waals surface area (Å²) in [5.41, 5.74) is 1.11. The number of likely N-dealkylation sites (N-methyl/N-ethyl adjacent to an activating group) is 1. The number of hydrogen-bond donors (Lipinski definition) is 0. The topological polar surface area (TPSA) is 40.6 Å². The highest BCUT2D eigenvalue weighted by molar-refractivity contribution is 5.83. The van der Waals surface area contributed by atoms with Crippen LogP contribution in [0.4, 0.5) is 0 Å². The lowest BCUT2D eigenvalue weighted by atomic mass is 10.1. The quantitative estimate of drug-likeness (QED) is 0.741. The van der Waals surface area contributed by atoms with Crippen LogP contribution in [-0.2, 0) is 16.1 Å². The number of nitrogens with zero attached hydrogens (tertiary/aromatic N) is 2. The second-order valence-corrected chi connectivity index (χ2v) is 6.02. The van der Waals surface area contributed by atoms with Gasteiger partial charge in [0.1, 0.15) is 0 Å². The average molecular weight is 304 g/mol. The van der Waals surface area contributed by atoms with Crippen LogP contribution < -0.4 is 0 Å². The van der Waals surface area contributed by atoms with Gasteiger partial charge in [0.2, 0.25) is 11.8 Å². The molecule has 0 saturated heterocycles. The minimum absolute atomic E-state index is 0.00492. The molecule has 2 amide bonds. The Balaban J connectivity index is 2.63. The second kappa shape index (κ2) is 9.23. The van der Waals surface area contributed by atoms with Crippen LogP contribution in [0.2, 0.25) is 0 Å². The molecule has 0 spiro atoms. The van der Waals surface area contributed by atoms with Gasteiger partial charge in [-0.25, -0.2) is 0 Å². The van der Waals surface area contributed by atoms with Crippen molar-refractivity contribution in [2.45, 2.75) is 40.7 Å². The molecular formula is C18H28N2O2. The predicted octanol–water partition coefficient (Wildman–Crippen LogP) is 2.93. The van der Waals surface area contributed by atoms with Gasteiger partial charge in [0.05, 0.1) is 6.54 Å². The van der Waals surface area contributed by atoms with Crippen molar-refractivity contribution in [1.82, 2.24) is 9.80 Å². The van der Waals surface area contributed by atoms with Gasteiger partial charge >= 0.3 is 0 Å². The number of carbonyl (C=O) groups is 2. The predicted molar refractivity (Wildman–Crippen MR) is 89.2 cm³/mol. The van der Waals surface area contributed by atoms with Gasteiger partial charge in [0.25, 0.3) is 0 Å². The molecule has 0 fully saturated rings. The highest BCUT2D eigenvalue weighted by atomic mass is 16.2. The van der Waals surface area contributed by atoms with Gasteiger partial charge in [-0.2, -0.15) is 0 Å². The smallest absolute Gasteiger partial charge is 0.242 e. The third kappa shape index (κ3) is 6.29. The fourth-order valence-corrected chi connectivity index (χ4v) is 2.21. The van der Waals surface area contributed by atoms with Crippen LogP contribution in [0.1, 0.15) is 39.7 Å². The molecule has 0 aromatic heterocycles. The molecule has 0 aliphatic carbocycles. The Hall–Kier alpha value is -1.84. The maximum absolute atomic E-state index is 12.5. The lowest BCUT2D eigenvalue weighted by Gasteiger charge is -2.26. The van der Waals surface area contributed by atoms with Crippen molar-refractivity contribution in [2.24, 2.45) is 5.92 Å². The van der Waals surface area contributed by atoms with Gasteiger partial charge in [-0.15, -0.1) is 0 Å². The first-order chi connectivity index (χ1) is 10.4. The Bertz CT molecular complexity index is 471. The third-order valence-corrected chi connectivity index (χ3v) is 3.70. The van der Waals surface area contributed by atoms with E-state index in [1.54, 1.807) is 9.80 Å². The molecule has 0 atom stereocenters. The molecule has 0 heterocycles. The zero-order valence-corrected chi connectivity index (χ0v) is 14.2. The van der Waals surface area contributed by atoms with Gasteiger partial charge in [-0.3, -0.25) is 9.59 Å². The minimum atomic E-state index is -0.0373.